The molecule has 1 aromatic rings. The third-order valence-electron chi connectivity index (χ3n) is 3.75. The molecule has 0 amide bonds. The summed E-state index contributed by atoms with van der Waals surface area (Å²) in [5.41, 5.74) is -0.178. The normalized spacial score (nSPS) is 22.3. The zero-order chi connectivity index (χ0) is 14.5. The minimum Gasteiger partial charge on any atom is -0.469 e. The fraction of sp³-hybridized carbons (Fsp3) is 0.692. The van der Waals surface area contributed by atoms with E-state index in [2.05, 4.69) is 22.2 Å². The first-order valence-electron chi connectivity index (χ1n) is 6.99. The minimum atomic E-state index is -0.505. The van der Waals surface area contributed by atoms with Gasteiger partial charge in [0.15, 0.2) is 0 Å². The molecule has 1 heterocycles. The molecule has 0 saturated heterocycles. The Bertz CT molecular complexity index is 481. The molecule has 7 nitrogen and oxygen atoms in total. The average Bonchev–Trinajstić information content (AvgIpc) is 2.47. The van der Waals surface area contributed by atoms with Crippen LogP contribution >= 0.6 is 0 Å². The number of aromatic nitrogens is 2. The van der Waals surface area contributed by atoms with Crippen LogP contribution in [0.1, 0.15) is 39.0 Å². The molecule has 0 aromatic carbocycles. The van der Waals surface area contributed by atoms with Gasteiger partial charge in [-0.2, -0.15) is 4.98 Å². The second-order valence-corrected chi connectivity index (χ2v) is 5.07. The van der Waals surface area contributed by atoms with E-state index in [4.69, 9.17) is 4.74 Å². The van der Waals surface area contributed by atoms with Crippen LogP contribution in [-0.4, -0.2) is 28.0 Å². The van der Waals surface area contributed by atoms with E-state index in [-0.39, 0.29) is 17.7 Å². The Labute approximate surface area is 117 Å². The lowest BCUT2D eigenvalue weighted by molar-refractivity contribution is -0.386. The van der Waals surface area contributed by atoms with Crippen molar-refractivity contribution in [1.29, 1.82) is 0 Å². The van der Waals surface area contributed by atoms with E-state index in [1.807, 2.05) is 0 Å². The molecular weight excluding hydrogens is 260 g/mol. The Kier molecular flexibility index (Phi) is 4.70. The van der Waals surface area contributed by atoms with Gasteiger partial charge in [0.05, 0.1) is 4.92 Å². The van der Waals surface area contributed by atoms with Gasteiger partial charge in [-0.15, -0.1) is 0 Å². The highest BCUT2D eigenvalue weighted by Crippen LogP contribution is 2.32. The van der Waals surface area contributed by atoms with Gasteiger partial charge in [0.25, 0.3) is 5.88 Å². The van der Waals surface area contributed by atoms with Crippen molar-refractivity contribution in [1.82, 2.24) is 9.97 Å². The van der Waals surface area contributed by atoms with Crippen molar-refractivity contribution in [2.75, 3.05) is 12.4 Å². The molecule has 1 aliphatic rings. The van der Waals surface area contributed by atoms with E-state index >= 15 is 0 Å². The summed E-state index contributed by atoms with van der Waals surface area (Å²) >= 11 is 0. The molecule has 110 valence electrons. The molecule has 7 heteroatoms. The van der Waals surface area contributed by atoms with E-state index in [1.165, 1.54) is 12.6 Å². The second kappa shape index (κ2) is 6.49. The Balaban J connectivity index is 2.16. The lowest BCUT2D eigenvalue weighted by Crippen LogP contribution is -2.26. The molecule has 1 fully saturated rings. The van der Waals surface area contributed by atoms with Gasteiger partial charge < -0.3 is 10.1 Å². The Morgan fingerprint density at radius 3 is 3.00 bits per heavy atom. The molecule has 1 aliphatic carbocycles. The third kappa shape index (κ3) is 3.34. The highest BCUT2D eigenvalue weighted by Gasteiger charge is 2.26. The Morgan fingerprint density at radius 1 is 1.55 bits per heavy atom. The molecule has 0 spiro atoms. The number of nitrogens with one attached hydrogen (secondary N) is 1. The zero-order valence-electron chi connectivity index (χ0n) is 11.8. The van der Waals surface area contributed by atoms with Crippen molar-refractivity contribution in [3.05, 3.63) is 16.3 Å². The number of hydrogen-bond donors (Lipinski definition) is 1. The summed E-state index contributed by atoms with van der Waals surface area (Å²) in [6, 6.07) is 0. The molecule has 2 atom stereocenters. The summed E-state index contributed by atoms with van der Waals surface area (Å²) in [5.74, 6) is 1.03. The number of rotatable bonds is 5. The fourth-order valence-electron chi connectivity index (χ4n) is 2.57. The van der Waals surface area contributed by atoms with Crippen LogP contribution in [0.25, 0.3) is 0 Å². The predicted octanol–water partition coefficient (Wildman–Crippen LogP) is 2.77. The highest BCUT2D eigenvalue weighted by atomic mass is 16.6. The molecule has 2 rings (SSSR count). The smallest absolute Gasteiger partial charge is 0.349 e. The fourth-order valence-corrected chi connectivity index (χ4v) is 2.57. The first-order valence-corrected chi connectivity index (χ1v) is 6.99. The van der Waals surface area contributed by atoms with Crippen LogP contribution in [0, 0.1) is 16.0 Å². The summed E-state index contributed by atoms with van der Waals surface area (Å²) in [5, 5.41) is 13.8. The maximum absolute atomic E-state index is 11.0. The van der Waals surface area contributed by atoms with Gasteiger partial charge in [-0.3, -0.25) is 10.1 Å². The molecule has 1 N–H and O–H groups in total. The number of hydrogen-bond acceptors (Lipinski definition) is 6. The first kappa shape index (κ1) is 14.5. The summed E-state index contributed by atoms with van der Waals surface area (Å²) in [6.45, 7) is 2.17. The van der Waals surface area contributed by atoms with Crippen molar-refractivity contribution in [2.45, 2.75) is 45.1 Å². The van der Waals surface area contributed by atoms with Gasteiger partial charge in [0.1, 0.15) is 12.3 Å². The van der Waals surface area contributed by atoms with Crippen LogP contribution in [0.3, 0.4) is 0 Å². The van der Waals surface area contributed by atoms with Crippen molar-refractivity contribution in [3.63, 3.8) is 0 Å². The van der Waals surface area contributed by atoms with Gasteiger partial charge in [-0.05, 0) is 25.2 Å². The van der Waals surface area contributed by atoms with Gasteiger partial charge in [-0.1, -0.05) is 19.8 Å². The standard InChI is InChI=1S/C13H20N4O3/c1-3-9-5-4-6-10(7-9)20-12-11(17(18)19)8-15-13(14-2)16-12/h8-10H,3-7H2,1-2H3,(H,14,15,16). The summed E-state index contributed by atoms with van der Waals surface area (Å²) in [7, 11) is 1.67. The molecule has 2 unspecified atom stereocenters. The quantitative estimate of drug-likeness (QED) is 0.658. The van der Waals surface area contributed by atoms with Crippen molar-refractivity contribution in [3.8, 4) is 5.88 Å². The summed E-state index contributed by atoms with van der Waals surface area (Å²) < 4.78 is 5.79. The Hall–Kier alpha value is -1.92. The van der Waals surface area contributed by atoms with E-state index in [1.54, 1.807) is 7.05 Å². The van der Waals surface area contributed by atoms with Crippen LogP contribution in [0.15, 0.2) is 6.20 Å². The van der Waals surface area contributed by atoms with E-state index in [0.717, 1.165) is 25.7 Å². The summed E-state index contributed by atoms with van der Waals surface area (Å²) in [4.78, 5) is 18.4. The minimum absolute atomic E-state index is 0.00649. The van der Waals surface area contributed by atoms with Gasteiger partial charge in [0, 0.05) is 7.05 Å². The predicted molar refractivity (Wildman–Crippen MR) is 74.9 cm³/mol. The molecule has 20 heavy (non-hydrogen) atoms. The number of anilines is 1. The van der Waals surface area contributed by atoms with Gasteiger partial charge in [0.2, 0.25) is 5.95 Å². The first-order chi connectivity index (χ1) is 9.63. The lowest BCUT2D eigenvalue weighted by atomic mass is 9.85. The SMILES string of the molecule is CCC1CCCC(Oc2nc(NC)ncc2[N+](=O)[O-])C1. The monoisotopic (exact) mass is 280 g/mol. The molecule has 1 saturated carbocycles. The topological polar surface area (TPSA) is 90.2 Å². The van der Waals surface area contributed by atoms with Crippen LogP contribution in [0.2, 0.25) is 0 Å². The average molecular weight is 280 g/mol. The molecule has 0 radical (unpaired) electrons. The number of nitrogens with zero attached hydrogens (tertiary/aromatic N) is 3. The molecule has 0 bridgehead atoms. The second-order valence-electron chi connectivity index (χ2n) is 5.07. The maximum Gasteiger partial charge on any atom is 0.349 e. The maximum atomic E-state index is 11.0. The largest absolute Gasteiger partial charge is 0.469 e. The number of nitro groups is 1. The van der Waals surface area contributed by atoms with Crippen LogP contribution in [0.4, 0.5) is 11.6 Å². The van der Waals surface area contributed by atoms with Crippen molar-refractivity contribution in [2.24, 2.45) is 5.92 Å². The lowest BCUT2D eigenvalue weighted by Gasteiger charge is -2.28. The van der Waals surface area contributed by atoms with Crippen molar-refractivity contribution < 1.29 is 9.66 Å². The number of ether oxygens (including phenoxy) is 1. The molecular formula is C13H20N4O3. The molecule has 1 aromatic heterocycles. The summed E-state index contributed by atoms with van der Waals surface area (Å²) in [6.07, 6.45) is 6.48. The van der Waals surface area contributed by atoms with Crippen LogP contribution in [-0.2, 0) is 0 Å². The highest BCUT2D eigenvalue weighted by molar-refractivity contribution is 5.43. The van der Waals surface area contributed by atoms with Gasteiger partial charge >= 0.3 is 5.69 Å². The van der Waals surface area contributed by atoms with E-state index < -0.39 is 4.92 Å². The van der Waals surface area contributed by atoms with Crippen molar-refractivity contribution >= 4 is 11.6 Å². The molecule has 0 aliphatic heterocycles. The van der Waals surface area contributed by atoms with E-state index in [0.29, 0.717) is 11.9 Å². The third-order valence-corrected chi connectivity index (χ3v) is 3.75. The van der Waals surface area contributed by atoms with Crippen LogP contribution in [0.5, 0.6) is 5.88 Å². The van der Waals surface area contributed by atoms with Crippen LogP contribution < -0.4 is 10.1 Å². The van der Waals surface area contributed by atoms with E-state index in [9.17, 15) is 10.1 Å². The Morgan fingerprint density at radius 2 is 2.35 bits per heavy atom. The zero-order valence-corrected chi connectivity index (χ0v) is 11.8. The van der Waals surface area contributed by atoms with Gasteiger partial charge in [-0.25, -0.2) is 4.98 Å².